The Hall–Kier alpha value is -3.41. The number of esters is 3. The number of ether oxygens (including phenoxy) is 3. The molecule has 0 aliphatic rings. The van der Waals surface area contributed by atoms with Gasteiger partial charge in [0.1, 0.15) is 13.2 Å². The lowest BCUT2D eigenvalue weighted by Crippen LogP contribution is -2.30. The van der Waals surface area contributed by atoms with E-state index in [9.17, 15) is 14.4 Å². The van der Waals surface area contributed by atoms with Crippen molar-refractivity contribution in [1.82, 2.24) is 0 Å². The van der Waals surface area contributed by atoms with Gasteiger partial charge in [-0.1, -0.05) is 298 Å². The molecule has 0 saturated carbocycles. The second-order valence-electron chi connectivity index (χ2n) is 21.0. The molecule has 6 nitrogen and oxygen atoms in total. The standard InChI is InChI=1S/C68H118O6/c1-4-7-10-13-16-18-20-22-24-26-28-30-31-32-33-34-35-36-37-39-40-42-44-46-48-50-52-55-58-61-67(70)73-64-65(63-72-66(69)60-57-54-15-12-9-6-3)74-68(71)62-59-56-53-51-49-47-45-43-41-38-29-27-25-23-21-19-17-14-11-8-5-2/h7,10,16,18,22,24,28,30,32-33,35-36,39-40,65H,4-6,8-9,11-15,17,19-21,23,25-27,29,31,34,37-38,41-64H2,1-3H3/b10-7-,18-16-,24-22-,30-28-,33-32-,36-35-,40-39-. The Morgan fingerprint density at radius 2 is 0.527 bits per heavy atom. The molecule has 0 spiro atoms. The van der Waals surface area contributed by atoms with E-state index < -0.39 is 6.10 Å². The molecular formula is C68H118O6. The monoisotopic (exact) mass is 1030 g/mol. The predicted molar refractivity (Wildman–Crippen MR) is 321 cm³/mol. The summed E-state index contributed by atoms with van der Waals surface area (Å²) < 4.78 is 16.8. The van der Waals surface area contributed by atoms with Gasteiger partial charge >= 0.3 is 17.9 Å². The third-order valence-electron chi connectivity index (χ3n) is 13.7. The Morgan fingerprint density at radius 3 is 0.824 bits per heavy atom. The molecule has 0 aliphatic heterocycles. The lowest BCUT2D eigenvalue weighted by Gasteiger charge is -2.18. The van der Waals surface area contributed by atoms with Crippen molar-refractivity contribution in [2.45, 2.75) is 316 Å². The second-order valence-corrected chi connectivity index (χ2v) is 21.0. The zero-order chi connectivity index (χ0) is 53.6. The average Bonchev–Trinajstić information content (AvgIpc) is 3.40. The van der Waals surface area contributed by atoms with Gasteiger partial charge in [0.15, 0.2) is 6.10 Å². The first kappa shape index (κ1) is 70.6. The van der Waals surface area contributed by atoms with Crippen LogP contribution in [0.3, 0.4) is 0 Å². The molecule has 0 aromatic heterocycles. The quantitative estimate of drug-likeness (QED) is 0.0261. The molecule has 0 radical (unpaired) electrons. The zero-order valence-electron chi connectivity index (χ0n) is 48.8. The van der Waals surface area contributed by atoms with Crippen LogP contribution in [0.25, 0.3) is 0 Å². The Balaban J connectivity index is 4.12. The Labute approximate surface area is 458 Å². The van der Waals surface area contributed by atoms with Crippen molar-refractivity contribution < 1.29 is 28.6 Å². The number of carbonyl (C=O) groups excluding carboxylic acids is 3. The maximum Gasteiger partial charge on any atom is 0.306 e. The highest BCUT2D eigenvalue weighted by Gasteiger charge is 2.19. The molecular weight excluding hydrogens is 913 g/mol. The summed E-state index contributed by atoms with van der Waals surface area (Å²) in [5.74, 6) is -0.886. The molecule has 0 bridgehead atoms. The molecule has 0 heterocycles. The number of rotatable bonds is 57. The predicted octanol–water partition coefficient (Wildman–Crippen LogP) is 21.5. The van der Waals surface area contributed by atoms with E-state index >= 15 is 0 Å². The molecule has 0 N–H and O–H groups in total. The highest BCUT2D eigenvalue weighted by Crippen LogP contribution is 2.17. The van der Waals surface area contributed by atoms with Crippen LogP contribution in [0, 0.1) is 0 Å². The van der Waals surface area contributed by atoms with Crippen LogP contribution in [0.15, 0.2) is 85.1 Å². The number of allylic oxidation sites excluding steroid dienone is 14. The fourth-order valence-corrected chi connectivity index (χ4v) is 8.95. The zero-order valence-corrected chi connectivity index (χ0v) is 48.8. The van der Waals surface area contributed by atoms with Crippen molar-refractivity contribution in [3.05, 3.63) is 85.1 Å². The topological polar surface area (TPSA) is 78.9 Å². The molecule has 426 valence electrons. The van der Waals surface area contributed by atoms with Gasteiger partial charge in [0.05, 0.1) is 0 Å². The van der Waals surface area contributed by atoms with E-state index in [0.717, 1.165) is 109 Å². The van der Waals surface area contributed by atoms with E-state index in [1.807, 2.05) is 0 Å². The highest BCUT2D eigenvalue weighted by molar-refractivity contribution is 5.71. The third kappa shape index (κ3) is 59.5. The molecule has 6 heteroatoms. The van der Waals surface area contributed by atoms with Crippen molar-refractivity contribution in [3.8, 4) is 0 Å². The van der Waals surface area contributed by atoms with Crippen LogP contribution in [-0.4, -0.2) is 37.2 Å². The van der Waals surface area contributed by atoms with E-state index in [-0.39, 0.29) is 31.1 Å². The Kier molecular flexibility index (Phi) is 59.3. The molecule has 1 atom stereocenters. The van der Waals surface area contributed by atoms with E-state index in [4.69, 9.17) is 14.2 Å². The van der Waals surface area contributed by atoms with Gasteiger partial charge in [-0.15, -0.1) is 0 Å². The normalized spacial score (nSPS) is 12.6. The van der Waals surface area contributed by atoms with Crippen LogP contribution in [0.1, 0.15) is 310 Å². The van der Waals surface area contributed by atoms with Crippen molar-refractivity contribution in [2.24, 2.45) is 0 Å². The van der Waals surface area contributed by atoms with Crippen molar-refractivity contribution in [2.75, 3.05) is 13.2 Å². The first-order valence-corrected chi connectivity index (χ1v) is 31.6. The van der Waals surface area contributed by atoms with Crippen LogP contribution in [-0.2, 0) is 28.6 Å². The van der Waals surface area contributed by atoms with E-state index in [0.29, 0.717) is 19.3 Å². The molecule has 1 unspecified atom stereocenters. The van der Waals surface area contributed by atoms with Crippen LogP contribution in [0.4, 0.5) is 0 Å². The summed E-state index contributed by atoms with van der Waals surface area (Å²) in [6, 6.07) is 0. The van der Waals surface area contributed by atoms with Gasteiger partial charge in [-0.05, 0) is 77.0 Å². The Bertz CT molecular complexity index is 1420. The maximum atomic E-state index is 12.8. The first-order chi connectivity index (χ1) is 36.5. The second kappa shape index (κ2) is 62.1. The highest BCUT2D eigenvalue weighted by atomic mass is 16.6. The number of hydrogen-bond acceptors (Lipinski definition) is 6. The maximum absolute atomic E-state index is 12.8. The molecule has 0 aromatic rings. The van der Waals surface area contributed by atoms with Gasteiger partial charge in [-0.3, -0.25) is 14.4 Å². The van der Waals surface area contributed by atoms with Crippen molar-refractivity contribution in [1.29, 1.82) is 0 Å². The van der Waals surface area contributed by atoms with E-state index in [1.165, 1.54) is 161 Å². The van der Waals surface area contributed by atoms with Gasteiger partial charge in [-0.25, -0.2) is 0 Å². The number of carbonyl (C=O) groups is 3. The summed E-state index contributed by atoms with van der Waals surface area (Å²) in [4.78, 5) is 38.0. The summed E-state index contributed by atoms with van der Waals surface area (Å²) in [5.41, 5.74) is 0. The molecule has 0 amide bonds. The third-order valence-corrected chi connectivity index (χ3v) is 13.7. The van der Waals surface area contributed by atoms with Crippen LogP contribution in [0.2, 0.25) is 0 Å². The minimum atomic E-state index is -0.777. The lowest BCUT2D eigenvalue weighted by atomic mass is 10.0. The summed E-state index contributed by atoms with van der Waals surface area (Å²) in [6.07, 6.45) is 81.9. The molecule has 0 fully saturated rings. The van der Waals surface area contributed by atoms with Gasteiger partial charge in [0, 0.05) is 19.3 Å². The van der Waals surface area contributed by atoms with Gasteiger partial charge in [0.2, 0.25) is 0 Å². The van der Waals surface area contributed by atoms with E-state index in [2.05, 4.69) is 106 Å². The number of unbranched alkanes of at least 4 members (excludes halogenated alkanes) is 32. The summed E-state index contributed by atoms with van der Waals surface area (Å²) in [6.45, 7) is 6.49. The van der Waals surface area contributed by atoms with Crippen LogP contribution < -0.4 is 0 Å². The lowest BCUT2D eigenvalue weighted by molar-refractivity contribution is -0.167. The molecule has 0 rings (SSSR count). The summed E-state index contributed by atoms with van der Waals surface area (Å²) in [5, 5.41) is 0. The Morgan fingerprint density at radius 1 is 0.284 bits per heavy atom. The smallest absolute Gasteiger partial charge is 0.306 e. The molecule has 0 aromatic carbocycles. The van der Waals surface area contributed by atoms with Gasteiger partial charge in [0.25, 0.3) is 0 Å². The SMILES string of the molecule is CC/C=C\C/C=C\C/C=C\C/C=C\C/C=C\C/C=C\C/C=C\CCCCCCCCCC(=O)OCC(COC(=O)CCCCCCCC)OC(=O)CCCCCCCCCCCCCCCCCCCCCCC. The van der Waals surface area contributed by atoms with Gasteiger partial charge < -0.3 is 14.2 Å². The number of hydrogen-bond donors (Lipinski definition) is 0. The summed E-state index contributed by atoms with van der Waals surface area (Å²) >= 11 is 0. The first-order valence-electron chi connectivity index (χ1n) is 31.6. The fraction of sp³-hybridized carbons (Fsp3) is 0.750. The van der Waals surface area contributed by atoms with Crippen LogP contribution in [0.5, 0.6) is 0 Å². The largest absolute Gasteiger partial charge is 0.462 e. The van der Waals surface area contributed by atoms with Crippen molar-refractivity contribution >= 4 is 17.9 Å². The summed E-state index contributed by atoms with van der Waals surface area (Å²) in [7, 11) is 0. The molecule has 0 saturated heterocycles. The van der Waals surface area contributed by atoms with Gasteiger partial charge in [-0.2, -0.15) is 0 Å². The van der Waals surface area contributed by atoms with E-state index in [1.54, 1.807) is 0 Å². The van der Waals surface area contributed by atoms with Crippen LogP contribution >= 0.6 is 0 Å². The molecule has 74 heavy (non-hydrogen) atoms. The molecule has 0 aliphatic carbocycles. The fourth-order valence-electron chi connectivity index (χ4n) is 8.95. The minimum Gasteiger partial charge on any atom is -0.462 e. The minimum absolute atomic E-state index is 0.0771. The average molecular weight is 1030 g/mol. The van der Waals surface area contributed by atoms with Crippen molar-refractivity contribution in [3.63, 3.8) is 0 Å².